The lowest BCUT2D eigenvalue weighted by Gasteiger charge is -2.08. The maximum atomic E-state index is 10.7. The number of hydrogen-bond donors (Lipinski definition) is 0. The molecule has 0 atom stereocenters. The van der Waals surface area contributed by atoms with Crippen LogP contribution in [0.4, 0.5) is 18.9 Å². The maximum absolute atomic E-state index is 10.7. The van der Waals surface area contributed by atoms with Gasteiger partial charge in [0.2, 0.25) is 5.39 Å². The molecule has 0 N–H and O–H groups in total. The molecule has 0 radical (unpaired) electrons. The van der Waals surface area contributed by atoms with Crippen LogP contribution in [0.3, 0.4) is 0 Å². The first-order valence-corrected chi connectivity index (χ1v) is 7.68. The summed E-state index contributed by atoms with van der Waals surface area (Å²) in [6, 6.07) is 16.9. The van der Waals surface area contributed by atoms with Crippen molar-refractivity contribution < 1.29 is 30.9 Å². The molecular formula is C14H11F3N2O4S. The van der Waals surface area contributed by atoms with Crippen molar-refractivity contribution in [1.82, 2.24) is 0 Å². The molecule has 0 bridgehead atoms. The van der Waals surface area contributed by atoms with Crippen LogP contribution < -0.4 is 4.74 Å². The summed E-state index contributed by atoms with van der Waals surface area (Å²) < 4.78 is 64.5. The van der Waals surface area contributed by atoms with Crippen molar-refractivity contribution in [2.45, 2.75) is 12.1 Å². The molecule has 0 spiro atoms. The van der Waals surface area contributed by atoms with Crippen molar-refractivity contribution in [3.05, 3.63) is 65.1 Å². The standard InChI is InChI=1S/C13H11N2O.CHF3O3S/c14-15-12-6-8-13(9-7-12)16-10-11-4-2-1-3-5-11;2-1(3,4)8(5,6)7/h1-9H,10H2;(H,5,6,7)/q+1;/p-1. The number of halogens is 3. The summed E-state index contributed by atoms with van der Waals surface area (Å²) >= 11 is 0. The van der Waals surface area contributed by atoms with Gasteiger partial charge in [-0.25, -0.2) is 8.42 Å². The quantitative estimate of drug-likeness (QED) is 0.471. The lowest BCUT2D eigenvalue weighted by molar-refractivity contribution is -0.0517. The van der Waals surface area contributed by atoms with Gasteiger partial charge in [0.25, 0.3) is 0 Å². The zero-order valence-electron chi connectivity index (χ0n) is 12.0. The molecule has 0 heterocycles. The first kappa shape index (κ1) is 19.4. The molecule has 2 aromatic carbocycles. The summed E-state index contributed by atoms with van der Waals surface area (Å²) in [5.74, 6) is 0.760. The van der Waals surface area contributed by atoms with E-state index in [0.717, 1.165) is 11.3 Å². The Labute approximate surface area is 135 Å². The molecular weight excluding hydrogens is 349 g/mol. The lowest BCUT2D eigenvalue weighted by Crippen LogP contribution is -2.21. The molecule has 2 rings (SSSR count). The second-order valence-electron chi connectivity index (χ2n) is 4.27. The average Bonchev–Trinajstić information content (AvgIpc) is 2.53. The molecule has 2 aromatic rings. The summed E-state index contributed by atoms with van der Waals surface area (Å²) in [5.41, 5.74) is -4.00. The van der Waals surface area contributed by atoms with Gasteiger partial charge in [0.1, 0.15) is 12.4 Å². The van der Waals surface area contributed by atoms with Crippen LogP contribution >= 0.6 is 0 Å². The molecule has 10 heteroatoms. The minimum atomic E-state index is -6.09. The van der Waals surface area contributed by atoms with Crippen LogP contribution in [0, 0.1) is 5.39 Å². The van der Waals surface area contributed by atoms with Crippen molar-refractivity contribution in [3.8, 4) is 5.75 Å². The van der Waals surface area contributed by atoms with Crippen LogP contribution in [-0.2, 0) is 16.7 Å². The van der Waals surface area contributed by atoms with Gasteiger partial charge >= 0.3 is 11.2 Å². The van der Waals surface area contributed by atoms with E-state index in [9.17, 15) is 13.2 Å². The number of alkyl halides is 3. The molecule has 6 nitrogen and oxygen atoms in total. The molecule has 0 amide bonds. The van der Waals surface area contributed by atoms with Gasteiger partial charge in [0, 0.05) is 12.1 Å². The van der Waals surface area contributed by atoms with Crippen molar-refractivity contribution in [1.29, 1.82) is 5.39 Å². The zero-order chi connectivity index (χ0) is 18.2. The molecule has 0 aliphatic carbocycles. The van der Waals surface area contributed by atoms with Crippen LogP contribution in [0.5, 0.6) is 5.75 Å². The summed E-state index contributed by atoms with van der Waals surface area (Å²) in [5, 5.41) is 8.52. The Morgan fingerprint density at radius 2 is 1.54 bits per heavy atom. The molecule has 128 valence electrons. The van der Waals surface area contributed by atoms with Gasteiger partial charge in [-0.3, -0.25) is 0 Å². The fourth-order valence-corrected chi connectivity index (χ4v) is 1.35. The summed E-state index contributed by atoms with van der Waals surface area (Å²) in [7, 11) is -6.09. The molecule has 0 aromatic heterocycles. The van der Waals surface area contributed by atoms with Crippen molar-refractivity contribution in [2.75, 3.05) is 0 Å². The first-order chi connectivity index (χ1) is 11.1. The van der Waals surface area contributed by atoms with Crippen LogP contribution in [0.15, 0.2) is 54.6 Å². The van der Waals surface area contributed by atoms with Crippen LogP contribution in [-0.4, -0.2) is 18.5 Å². The average molecular weight is 360 g/mol. The van der Waals surface area contributed by atoms with E-state index in [1.54, 1.807) is 24.3 Å². The monoisotopic (exact) mass is 360 g/mol. The summed E-state index contributed by atoms with van der Waals surface area (Å²) in [6.07, 6.45) is 0. The van der Waals surface area contributed by atoms with E-state index in [1.807, 2.05) is 30.3 Å². The third-order valence-electron chi connectivity index (χ3n) is 2.48. The highest BCUT2D eigenvalue weighted by atomic mass is 32.2. The molecule has 0 aliphatic heterocycles. The maximum Gasteiger partial charge on any atom is 0.485 e. The van der Waals surface area contributed by atoms with E-state index in [-0.39, 0.29) is 0 Å². The predicted octanol–water partition coefficient (Wildman–Crippen LogP) is 3.80. The molecule has 0 aliphatic rings. The Morgan fingerprint density at radius 3 is 1.96 bits per heavy atom. The van der Waals surface area contributed by atoms with Gasteiger partial charge in [-0.1, -0.05) is 30.3 Å². The van der Waals surface area contributed by atoms with Gasteiger partial charge in [-0.2, -0.15) is 13.2 Å². The first-order valence-electron chi connectivity index (χ1n) is 6.27. The normalized spacial score (nSPS) is 11.0. The highest BCUT2D eigenvalue weighted by molar-refractivity contribution is 7.86. The van der Waals surface area contributed by atoms with E-state index in [2.05, 4.69) is 4.98 Å². The zero-order valence-corrected chi connectivity index (χ0v) is 12.8. The van der Waals surface area contributed by atoms with Crippen molar-refractivity contribution >= 4 is 15.8 Å². The number of ether oxygens (including phenoxy) is 1. The number of hydrogen-bond acceptors (Lipinski definition) is 5. The Bertz CT molecular complexity index is 786. The Hall–Kier alpha value is -2.64. The highest BCUT2D eigenvalue weighted by Gasteiger charge is 2.36. The van der Waals surface area contributed by atoms with E-state index >= 15 is 0 Å². The second-order valence-corrected chi connectivity index (χ2v) is 5.64. The number of rotatable bonds is 3. The molecule has 0 unspecified atom stereocenters. The van der Waals surface area contributed by atoms with Crippen LogP contribution in [0.1, 0.15) is 5.56 Å². The summed E-state index contributed by atoms with van der Waals surface area (Å²) in [6.45, 7) is 0.538. The van der Waals surface area contributed by atoms with E-state index in [0.29, 0.717) is 12.3 Å². The van der Waals surface area contributed by atoms with Crippen molar-refractivity contribution in [3.63, 3.8) is 0 Å². The topological polar surface area (TPSA) is 94.6 Å². The predicted molar refractivity (Wildman–Crippen MR) is 77.7 cm³/mol. The van der Waals surface area contributed by atoms with E-state index in [4.69, 9.17) is 23.1 Å². The minimum absolute atomic E-state index is 0.520. The Balaban J connectivity index is 0.000000307. The second kappa shape index (κ2) is 8.28. The van der Waals surface area contributed by atoms with E-state index in [1.165, 1.54) is 0 Å². The lowest BCUT2D eigenvalue weighted by atomic mass is 10.2. The fourth-order valence-electron chi connectivity index (χ4n) is 1.35. The smallest absolute Gasteiger partial charge is 0.485 e. The van der Waals surface area contributed by atoms with Crippen molar-refractivity contribution in [2.24, 2.45) is 0 Å². The molecule has 0 saturated heterocycles. The van der Waals surface area contributed by atoms with Gasteiger partial charge in [-0.05, 0) is 17.7 Å². The van der Waals surface area contributed by atoms with E-state index < -0.39 is 15.6 Å². The van der Waals surface area contributed by atoms with Gasteiger partial charge in [0.15, 0.2) is 15.1 Å². The third kappa shape index (κ3) is 6.64. The fraction of sp³-hybridized carbons (Fsp3) is 0.143. The third-order valence-corrected chi connectivity index (χ3v) is 3.05. The SMILES string of the molecule is N#[N+]c1ccc(OCc2ccccc2)cc1.O=S(=O)([O-])C(F)(F)F. The highest BCUT2D eigenvalue weighted by Crippen LogP contribution is 2.20. The largest absolute Gasteiger partial charge is 0.741 e. The van der Waals surface area contributed by atoms with Gasteiger partial charge < -0.3 is 9.29 Å². The Kier molecular flexibility index (Phi) is 6.69. The molecule has 24 heavy (non-hydrogen) atoms. The van der Waals surface area contributed by atoms with Crippen LogP contribution in [0.2, 0.25) is 0 Å². The molecule has 0 fully saturated rings. The number of diazo groups is 1. The summed E-state index contributed by atoms with van der Waals surface area (Å²) in [4.78, 5) is 3.07. The Morgan fingerprint density at radius 1 is 1.04 bits per heavy atom. The van der Waals surface area contributed by atoms with Gasteiger partial charge in [-0.15, -0.1) is 0 Å². The number of nitrogens with zero attached hydrogens (tertiary/aromatic N) is 2. The van der Waals surface area contributed by atoms with Gasteiger partial charge in [0.05, 0.1) is 0 Å². The minimum Gasteiger partial charge on any atom is -0.741 e. The van der Waals surface area contributed by atoms with Crippen LogP contribution in [0.25, 0.3) is 4.98 Å². The molecule has 0 saturated carbocycles. The number of benzene rings is 2.